The van der Waals surface area contributed by atoms with E-state index >= 15 is 0 Å². The molecule has 0 bridgehead atoms. The topological polar surface area (TPSA) is 93.5 Å². The van der Waals surface area contributed by atoms with Gasteiger partial charge in [-0.15, -0.1) is 0 Å². The Morgan fingerprint density at radius 1 is 1.03 bits per heavy atom. The number of rotatable bonds is 7. The summed E-state index contributed by atoms with van der Waals surface area (Å²) < 4.78 is 24.6. The van der Waals surface area contributed by atoms with Crippen molar-refractivity contribution in [3.8, 4) is 5.75 Å². The minimum Gasteiger partial charge on any atom is -0.486 e. The highest BCUT2D eigenvalue weighted by Crippen LogP contribution is 2.20. The fourth-order valence-electron chi connectivity index (χ4n) is 3.63. The summed E-state index contributed by atoms with van der Waals surface area (Å²) in [5.41, 5.74) is 0.716. The zero-order valence-corrected chi connectivity index (χ0v) is 17.5. The van der Waals surface area contributed by atoms with Crippen molar-refractivity contribution < 1.29 is 23.2 Å². The summed E-state index contributed by atoms with van der Waals surface area (Å²) in [6, 6.07) is 14.2. The highest BCUT2D eigenvalue weighted by molar-refractivity contribution is 6.04. The first kappa shape index (κ1) is 21.5. The number of benzene rings is 2. The van der Waals surface area contributed by atoms with Crippen LogP contribution in [0.15, 0.2) is 59.1 Å². The lowest BCUT2D eigenvalue weighted by molar-refractivity contribution is 0.0917. The maximum absolute atomic E-state index is 13.7. The van der Waals surface area contributed by atoms with Gasteiger partial charge < -0.3 is 19.9 Å². The Hall–Kier alpha value is -3.68. The van der Waals surface area contributed by atoms with Crippen molar-refractivity contribution >= 4 is 17.5 Å². The van der Waals surface area contributed by atoms with Gasteiger partial charge in [0.25, 0.3) is 11.8 Å². The molecule has 7 nitrogen and oxygen atoms in total. The maximum Gasteiger partial charge on any atom is 0.273 e. The molecule has 32 heavy (non-hydrogen) atoms. The highest BCUT2D eigenvalue weighted by Gasteiger charge is 2.19. The number of aromatic nitrogens is 1. The van der Waals surface area contributed by atoms with Crippen LogP contribution in [0.4, 0.5) is 10.1 Å². The van der Waals surface area contributed by atoms with E-state index in [9.17, 15) is 14.0 Å². The predicted octanol–water partition coefficient (Wildman–Crippen LogP) is 4.71. The van der Waals surface area contributed by atoms with E-state index < -0.39 is 11.7 Å². The molecule has 1 heterocycles. The van der Waals surface area contributed by atoms with E-state index in [1.807, 2.05) is 0 Å². The zero-order valence-electron chi connectivity index (χ0n) is 17.5. The second kappa shape index (κ2) is 10.1. The molecule has 0 radical (unpaired) electrons. The van der Waals surface area contributed by atoms with Gasteiger partial charge in [-0.1, -0.05) is 36.6 Å². The average molecular weight is 437 g/mol. The van der Waals surface area contributed by atoms with Gasteiger partial charge >= 0.3 is 0 Å². The number of nitrogens with one attached hydrogen (secondary N) is 2. The molecule has 0 saturated heterocycles. The summed E-state index contributed by atoms with van der Waals surface area (Å²) in [5.74, 6) is -0.377. The van der Waals surface area contributed by atoms with E-state index in [1.165, 1.54) is 24.6 Å². The molecule has 2 N–H and O–H groups in total. The SMILES string of the molecule is O=C(NC1CCCCC1)c1cc(COc2ccc(NC(=O)c3ccccc3F)cc2)on1. The smallest absolute Gasteiger partial charge is 0.273 e. The monoisotopic (exact) mass is 437 g/mol. The van der Waals surface area contributed by atoms with Gasteiger partial charge in [-0.3, -0.25) is 9.59 Å². The molecular formula is C24H24FN3O4. The van der Waals surface area contributed by atoms with Gasteiger partial charge in [-0.25, -0.2) is 4.39 Å². The van der Waals surface area contributed by atoms with Crippen LogP contribution in [0, 0.1) is 5.82 Å². The van der Waals surface area contributed by atoms with E-state index in [-0.39, 0.29) is 29.8 Å². The van der Waals surface area contributed by atoms with Crippen molar-refractivity contribution in [2.24, 2.45) is 0 Å². The van der Waals surface area contributed by atoms with Crippen molar-refractivity contribution in [3.63, 3.8) is 0 Å². The third-order valence-electron chi connectivity index (χ3n) is 5.34. The van der Waals surface area contributed by atoms with Crippen LogP contribution in [0.2, 0.25) is 0 Å². The number of amides is 2. The van der Waals surface area contributed by atoms with Crippen molar-refractivity contribution in [3.05, 3.63) is 77.4 Å². The minimum absolute atomic E-state index is 0.0264. The molecule has 0 unspecified atom stereocenters. The maximum atomic E-state index is 13.7. The van der Waals surface area contributed by atoms with E-state index in [0.717, 1.165) is 25.7 Å². The molecule has 1 aliphatic rings. The number of carbonyl (C=O) groups excluding carboxylic acids is 2. The molecule has 1 aromatic heterocycles. The molecule has 2 aromatic carbocycles. The van der Waals surface area contributed by atoms with Gasteiger partial charge in [0.1, 0.15) is 18.2 Å². The molecule has 0 aliphatic heterocycles. The van der Waals surface area contributed by atoms with Crippen LogP contribution in [0.3, 0.4) is 0 Å². The van der Waals surface area contributed by atoms with Crippen molar-refractivity contribution in [1.82, 2.24) is 10.5 Å². The first-order valence-corrected chi connectivity index (χ1v) is 10.6. The van der Waals surface area contributed by atoms with Crippen LogP contribution in [0.25, 0.3) is 0 Å². The first-order chi connectivity index (χ1) is 15.6. The van der Waals surface area contributed by atoms with Crippen LogP contribution in [0.5, 0.6) is 5.75 Å². The molecule has 2 amide bonds. The van der Waals surface area contributed by atoms with Gasteiger partial charge in [-0.05, 0) is 49.2 Å². The van der Waals surface area contributed by atoms with E-state index in [0.29, 0.717) is 17.2 Å². The van der Waals surface area contributed by atoms with Crippen molar-refractivity contribution in [2.75, 3.05) is 5.32 Å². The number of anilines is 1. The van der Waals surface area contributed by atoms with E-state index in [4.69, 9.17) is 9.26 Å². The number of hydrogen-bond acceptors (Lipinski definition) is 5. The Bertz CT molecular complexity index is 1070. The Morgan fingerprint density at radius 2 is 1.78 bits per heavy atom. The molecule has 3 aromatic rings. The second-order valence-corrected chi connectivity index (χ2v) is 7.73. The van der Waals surface area contributed by atoms with Gasteiger partial charge in [0, 0.05) is 17.8 Å². The Morgan fingerprint density at radius 3 is 2.53 bits per heavy atom. The number of ether oxygens (including phenoxy) is 1. The molecule has 8 heteroatoms. The van der Waals surface area contributed by atoms with Crippen molar-refractivity contribution in [2.45, 2.75) is 44.8 Å². The fraction of sp³-hybridized carbons (Fsp3) is 0.292. The molecule has 1 saturated carbocycles. The normalized spacial score (nSPS) is 14.0. The van der Waals surface area contributed by atoms with Crippen LogP contribution < -0.4 is 15.4 Å². The Balaban J connectivity index is 1.28. The first-order valence-electron chi connectivity index (χ1n) is 10.6. The number of hydrogen-bond donors (Lipinski definition) is 2. The third-order valence-corrected chi connectivity index (χ3v) is 5.34. The number of halogens is 1. The number of nitrogens with zero attached hydrogens (tertiary/aromatic N) is 1. The molecule has 166 valence electrons. The van der Waals surface area contributed by atoms with Crippen LogP contribution in [-0.2, 0) is 6.61 Å². The standard InChI is InChI=1S/C24H24FN3O4/c25-21-9-5-4-8-20(21)23(29)26-17-10-12-18(13-11-17)31-15-19-14-22(28-32-19)24(30)27-16-6-2-1-3-7-16/h4-5,8-14,16H,1-3,6-7,15H2,(H,26,29)(H,27,30). The summed E-state index contributed by atoms with van der Waals surface area (Å²) in [6.45, 7) is 0.102. The zero-order chi connectivity index (χ0) is 22.3. The van der Waals surface area contributed by atoms with E-state index in [1.54, 1.807) is 36.4 Å². The van der Waals surface area contributed by atoms with Gasteiger partial charge in [0.05, 0.1) is 5.56 Å². The highest BCUT2D eigenvalue weighted by atomic mass is 19.1. The molecule has 0 atom stereocenters. The Kier molecular flexibility index (Phi) is 6.79. The largest absolute Gasteiger partial charge is 0.486 e. The minimum atomic E-state index is -0.580. The summed E-state index contributed by atoms with van der Waals surface area (Å²) >= 11 is 0. The second-order valence-electron chi connectivity index (χ2n) is 7.73. The molecule has 0 spiro atoms. The average Bonchev–Trinajstić information content (AvgIpc) is 3.29. The van der Waals surface area contributed by atoms with E-state index in [2.05, 4.69) is 15.8 Å². The van der Waals surface area contributed by atoms with Crippen molar-refractivity contribution in [1.29, 1.82) is 0 Å². The lowest BCUT2D eigenvalue weighted by Crippen LogP contribution is -2.36. The Labute approximate surface area is 184 Å². The lowest BCUT2D eigenvalue weighted by Gasteiger charge is -2.22. The van der Waals surface area contributed by atoms with Gasteiger partial charge in [0.15, 0.2) is 11.5 Å². The summed E-state index contributed by atoms with van der Waals surface area (Å²) in [5, 5.41) is 9.47. The molecular weight excluding hydrogens is 413 g/mol. The van der Waals surface area contributed by atoms with Crippen LogP contribution >= 0.6 is 0 Å². The summed E-state index contributed by atoms with van der Waals surface area (Å²) in [7, 11) is 0. The van der Waals surface area contributed by atoms with Gasteiger partial charge in [-0.2, -0.15) is 0 Å². The summed E-state index contributed by atoms with van der Waals surface area (Å²) in [6.07, 6.45) is 5.48. The fourth-order valence-corrected chi connectivity index (χ4v) is 3.63. The summed E-state index contributed by atoms with van der Waals surface area (Å²) in [4.78, 5) is 24.5. The molecule has 1 aliphatic carbocycles. The number of carbonyl (C=O) groups is 2. The third kappa shape index (κ3) is 5.51. The molecule has 4 rings (SSSR count). The quantitative estimate of drug-likeness (QED) is 0.559. The van der Waals surface area contributed by atoms with Crippen LogP contribution in [0.1, 0.15) is 58.7 Å². The van der Waals surface area contributed by atoms with Gasteiger partial charge in [0.2, 0.25) is 0 Å². The predicted molar refractivity (Wildman–Crippen MR) is 116 cm³/mol. The van der Waals surface area contributed by atoms with Crippen LogP contribution in [-0.4, -0.2) is 23.0 Å². The lowest BCUT2D eigenvalue weighted by atomic mass is 9.95. The molecule has 1 fully saturated rings.